The standard InChI is InChI=1S/C64H47N3S/c1-44-17-15-24-52(37-44)65(49-20-5-3-6-21-49)54-41-55(66(50-22-7-4-8-23-50)53-25-16-18-45(2)38-53)43-56(42-54)67(62-40-48-19-9-10-26-57(48)58-27-11-12-28-59(58)62)51-34-31-46(32-35-51)47-33-36-64-61(39-47)60-29-13-14-30-63(60)68-64/h3-43H,1-2H3. The molecule has 0 aliphatic rings. The number of rotatable bonds is 10. The number of benzene rings is 11. The molecule has 0 saturated heterocycles. The van der Waals surface area contributed by atoms with Crippen LogP contribution < -0.4 is 14.7 Å². The van der Waals surface area contributed by atoms with Crippen LogP contribution in [-0.2, 0) is 0 Å². The molecule has 324 valence electrons. The summed E-state index contributed by atoms with van der Waals surface area (Å²) in [6.07, 6.45) is 0. The average molecular weight is 890 g/mol. The Labute approximate surface area is 401 Å². The maximum absolute atomic E-state index is 2.47. The van der Waals surface area contributed by atoms with Gasteiger partial charge < -0.3 is 14.7 Å². The molecular weight excluding hydrogens is 843 g/mol. The molecule has 12 rings (SSSR count). The van der Waals surface area contributed by atoms with Crippen molar-refractivity contribution < 1.29 is 0 Å². The van der Waals surface area contributed by atoms with Gasteiger partial charge in [0.05, 0.1) is 22.7 Å². The van der Waals surface area contributed by atoms with E-state index in [0.717, 1.165) is 51.2 Å². The lowest BCUT2D eigenvalue weighted by Crippen LogP contribution is -2.16. The number of para-hydroxylation sites is 2. The fraction of sp³-hybridized carbons (Fsp3) is 0.0312. The third kappa shape index (κ3) is 7.61. The van der Waals surface area contributed by atoms with Crippen molar-refractivity contribution in [1.29, 1.82) is 0 Å². The molecule has 0 amide bonds. The van der Waals surface area contributed by atoms with Gasteiger partial charge in [-0.25, -0.2) is 0 Å². The molecule has 12 aromatic rings. The van der Waals surface area contributed by atoms with Gasteiger partial charge in [-0.05, 0) is 155 Å². The number of hydrogen-bond donors (Lipinski definition) is 0. The van der Waals surface area contributed by atoms with Gasteiger partial charge in [0.1, 0.15) is 0 Å². The Bertz CT molecular complexity index is 3680. The normalized spacial score (nSPS) is 11.4. The SMILES string of the molecule is Cc1cccc(N(c2ccccc2)c2cc(N(c3ccccc3)c3cccc(C)c3)cc(N(c3ccc(-c4ccc5sc6ccccc6c5c4)cc3)c3cc4ccccc4c4ccccc34)c2)c1. The van der Waals surface area contributed by atoms with Crippen molar-refractivity contribution >= 4 is 104 Å². The lowest BCUT2D eigenvalue weighted by Gasteiger charge is -2.33. The van der Waals surface area contributed by atoms with E-state index in [2.05, 4.69) is 277 Å². The molecule has 0 unspecified atom stereocenters. The molecule has 0 radical (unpaired) electrons. The summed E-state index contributed by atoms with van der Waals surface area (Å²) in [7, 11) is 0. The van der Waals surface area contributed by atoms with Crippen LogP contribution in [0.1, 0.15) is 11.1 Å². The Morgan fingerprint density at radius 3 is 1.35 bits per heavy atom. The molecular formula is C64H47N3S. The average Bonchev–Trinajstić information content (AvgIpc) is 3.76. The third-order valence-electron chi connectivity index (χ3n) is 13.0. The maximum Gasteiger partial charge on any atom is 0.0546 e. The Kier molecular flexibility index (Phi) is 10.5. The quantitative estimate of drug-likeness (QED) is 0.127. The number of thiophene rings is 1. The molecule has 68 heavy (non-hydrogen) atoms. The Hall–Kier alpha value is -8.44. The van der Waals surface area contributed by atoms with Crippen molar-refractivity contribution in [3.05, 3.63) is 260 Å². The van der Waals surface area contributed by atoms with Crippen molar-refractivity contribution in [2.24, 2.45) is 0 Å². The molecule has 0 aliphatic carbocycles. The van der Waals surface area contributed by atoms with Crippen LogP contribution in [0.2, 0.25) is 0 Å². The van der Waals surface area contributed by atoms with Crippen molar-refractivity contribution in [3.63, 3.8) is 0 Å². The zero-order valence-electron chi connectivity index (χ0n) is 37.9. The number of hydrogen-bond acceptors (Lipinski definition) is 4. The molecule has 0 N–H and O–H groups in total. The van der Waals surface area contributed by atoms with Gasteiger partial charge in [-0.2, -0.15) is 0 Å². The minimum Gasteiger partial charge on any atom is -0.310 e. The first-order valence-corrected chi connectivity index (χ1v) is 24.1. The van der Waals surface area contributed by atoms with Crippen LogP contribution in [0.5, 0.6) is 0 Å². The van der Waals surface area contributed by atoms with E-state index < -0.39 is 0 Å². The van der Waals surface area contributed by atoms with Gasteiger partial charge >= 0.3 is 0 Å². The van der Waals surface area contributed by atoms with Crippen LogP contribution in [0.3, 0.4) is 0 Å². The molecule has 11 aromatic carbocycles. The van der Waals surface area contributed by atoms with E-state index in [1.165, 1.54) is 64.0 Å². The molecule has 0 atom stereocenters. The molecule has 0 bridgehead atoms. The maximum atomic E-state index is 2.47. The van der Waals surface area contributed by atoms with E-state index in [-0.39, 0.29) is 0 Å². The van der Waals surface area contributed by atoms with Gasteiger partial charge in [-0.1, -0.05) is 146 Å². The molecule has 0 aliphatic heterocycles. The minimum atomic E-state index is 1.03. The van der Waals surface area contributed by atoms with Crippen molar-refractivity contribution in [1.82, 2.24) is 0 Å². The number of anilines is 9. The van der Waals surface area contributed by atoms with Crippen LogP contribution in [0.15, 0.2) is 249 Å². The fourth-order valence-electron chi connectivity index (χ4n) is 9.90. The zero-order valence-corrected chi connectivity index (χ0v) is 38.7. The van der Waals surface area contributed by atoms with E-state index in [0.29, 0.717) is 0 Å². The topological polar surface area (TPSA) is 9.72 Å². The molecule has 4 heteroatoms. The summed E-state index contributed by atoms with van der Waals surface area (Å²) in [5.74, 6) is 0. The molecule has 1 aromatic heterocycles. The highest BCUT2D eigenvalue weighted by molar-refractivity contribution is 7.25. The first kappa shape index (κ1) is 41.0. The third-order valence-corrected chi connectivity index (χ3v) is 14.2. The molecule has 1 heterocycles. The second-order valence-corrected chi connectivity index (χ2v) is 18.7. The van der Waals surface area contributed by atoms with E-state index in [4.69, 9.17) is 0 Å². The zero-order chi connectivity index (χ0) is 45.6. The number of nitrogens with zero attached hydrogens (tertiary/aromatic N) is 3. The fourth-order valence-corrected chi connectivity index (χ4v) is 11.0. The lowest BCUT2D eigenvalue weighted by atomic mass is 9.98. The molecule has 3 nitrogen and oxygen atoms in total. The second kappa shape index (κ2) is 17.4. The van der Waals surface area contributed by atoms with Crippen LogP contribution in [0.4, 0.5) is 51.2 Å². The van der Waals surface area contributed by atoms with Gasteiger partial charge in [0, 0.05) is 54.0 Å². The smallest absolute Gasteiger partial charge is 0.0546 e. The van der Waals surface area contributed by atoms with Gasteiger partial charge in [0.2, 0.25) is 0 Å². The predicted molar refractivity (Wildman–Crippen MR) is 293 cm³/mol. The largest absolute Gasteiger partial charge is 0.310 e. The summed E-state index contributed by atoms with van der Waals surface area (Å²) in [6.45, 7) is 4.33. The van der Waals surface area contributed by atoms with Crippen LogP contribution in [0.25, 0.3) is 52.8 Å². The number of aryl methyl sites for hydroxylation is 2. The van der Waals surface area contributed by atoms with Crippen molar-refractivity contribution in [2.75, 3.05) is 14.7 Å². The van der Waals surface area contributed by atoms with E-state index in [1.54, 1.807) is 0 Å². The Balaban J connectivity index is 1.13. The summed E-state index contributed by atoms with van der Waals surface area (Å²) < 4.78 is 2.62. The van der Waals surface area contributed by atoms with Gasteiger partial charge in [-0.15, -0.1) is 11.3 Å². The first-order chi connectivity index (χ1) is 33.5. The van der Waals surface area contributed by atoms with E-state index >= 15 is 0 Å². The van der Waals surface area contributed by atoms with Crippen molar-refractivity contribution in [3.8, 4) is 11.1 Å². The summed E-state index contributed by atoms with van der Waals surface area (Å²) in [5, 5.41) is 7.42. The minimum absolute atomic E-state index is 1.03. The van der Waals surface area contributed by atoms with Gasteiger partial charge in [0.15, 0.2) is 0 Å². The second-order valence-electron chi connectivity index (χ2n) is 17.6. The first-order valence-electron chi connectivity index (χ1n) is 23.2. The van der Waals surface area contributed by atoms with Crippen LogP contribution in [0, 0.1) is 13.8 Å². The highest BCUT2D eigenvalue weighted by Gasteiger charge is 2.24. The lowest BCUT2D eigenvalue weighted by molar-refractivity contribution is 1.22. The van der Waals surface area contributed by atoms with E-state index in [1.807, 2.05) is 11.3 Å². The van der Waals surface area contributed by atoms with Crippen molar-refractivity contribution in [2.45, 2.75) is 13.8 Å². The highest BCUT2D eigenvalue weighted by atomic mass is 32.1. The highest BCUT2D eigenvalue weighted by Crippen LogP contribution is 2.48. The van der Waals surface area contributed by atoms with Crippen LogP contribution >= 0.6 is 11.3 Å². The van der Waals surface area contributed by atoms with Crippen LogP contribution in [-0.4, -0.2) is 0 Å². The van der Waals surface area contributed by atoms with E-state index in [9.17, 15) is 0 Å². The molecule has 0 spiro atoms. The Morgan fingerprint density at radius 2 is 0.735 bits per heavy atom. The summed E-state index contributed by atoms with van der Waals surface area (Å²) in [4.78, 5) is 7.26. The summed E-state index contributed by atoms with van der Waals surface area (Å²) in [6, 6.07) is 91.0. The Morgan fingerprint density at radius 1 is 0.265 bits per heavy atom. The van der Waals surface area contributed by atoms with Gasteiger partial charge in [0.25, 0.3) is 0 Å². The summed E-state index contributed by atoms with van der Waals surface area (Å²) >= 11 is 1.86. The summed E-state index contributed by atoms with van der Waals surface area (Å²) in [5.41, 5.74) is 14.3. The van der Waals surface area contributed by atoms with Gasteiger partial charge in [-0.3, -0.25) is 0 Å². The molecule has 0 saturated carbocycles. The monoisotopic (exact) mass is 889 g/mol. The molecule has 0 fully saturated rings. The number of fused-ring (bicyclic) bond motifs is 6. The predicted octanol–water partition coefficient (Wildman–Crippen LogP) is 19.1.